The van der Waals surface area contributed by atoms with E-state index in [-0.39, 0.29) is 12.3 Å². The molecule has 0 spiro atoms. The number of ether oxygens (including phenoxy) is 1. The number of halogens is 3. The van der Waals surface area contributed by atoms with Crippen molar-refractivity contribution in [1.29, 1.82) is 0 Å². The molecule has 0 aliphatic carbocycles. The zero-order valence-corrected chi connectivity index (χ0v) is 15.5. The van der Waals surface area contributed by atoms with Gasteiger partial charge in [-0.1, -0.05) is 12.1 Å². The summed E-state index contributed by atoms with van der Waals surface area (Å²) in [6.07, 6.45) is -2.94. The monoisotopic (exact) mass is 384 g/mol. The first kappa shape index (κ1) is 20.5. The zero-order valence-electron chi connectivity index (χ0n) is 15.5. The first-order valence-corrected chi connectivity index (χ1v) is 8.42. The van der Waals surface area contributed by atoms with E-state index in [9.17, 15) is 13.2 Å². The summed E-state index contributed by atoms with van der Waals surface area (Å²) in [5, 5.41) is 10.2. The highest BCUT2D eigenvalue weighted by Crippen LogP contribution is 2.24. The van der Waals surface area contributed by atoms with E-state index in [0.717, 1.165) is 11.4 Å². The van der Waals surface area contributed by atoms with Crippen LogP contribution >= 0.6 is 0 Å². The summed E-state index contributed by atoms with van der Waals surface area (Å²) in [6, 6.07) is 5.11. The van der Waals surface area contributed by atoms with Crippen molar-refractivity contribution in [2.45, 2.75) is 33.1 Å². The van der Waals surface area contributed by atoms with Gasteiger partial charge >= 0.3 is 6.18 Å². The van der Waals surface area contributed by atoms with Gasteiger partial charge in [0.15, 0.2) is 12.6 Å². The number of hydrogen-bond donors (Lipinski definition) is 2. The van der Waals surface area contributed by atoms with Crippen molar-refractivity contribution in [3.05, 3.63) is 41.5 Å². The van der Waals surface area contributed by atoms with Gasteiger partial charge in [-0.15, -0.1) is 0 Å². The average Bonchev–Trinajstić information content (AvgIpc) is 3.01. The largest absolute Gasteiger partial charge is 0.484 e. The Morgan fingerprint density at radius 1 is 1.30 bits per heavy atom. The van der Waals surface area contributed by atoms with E-state index in [2.05, 4.69) is 25.7 Å². The van der Waals surface area contributed by atoms with Crippen molar-refractivity contribution >= 4 is 5.96 Å². The summed E-state index contributed by atoms with van der Waals surface area (Å²) in [4.78, 5) is 8.54. The van der Waals surface area contributed by atoms with Crippen molar-refractivity contribution in [1.82, 2.24) is 25.4 Å². The molecule has 2 N–H and O–H groups in total. The van der Waals surface area contributed by atoms with E-state index in [1.54, 1.807) is 30.8 Å². The summed E-state index contributed by atoms with van der Waals surface area (Å²) in [7, 11) is 1.78. The number of alkyl halides is 3. The van der Waals surface area contributed by atoms with Gasteiger partial charge < -0.3 is 15.4 Å². The quantitative estimate of drug-likeness (QED) is 0.566. The molecule has 27 heavy (non-hydrogen) atoms. The molecule has 0 saturated carbocycles. The molecule has 1 heterocycles. The molecular formula is C17H23F3N6O. The molecule has 0 aliphatic heterocycles. The van der Waals surface area contributed by atoms with Crippen molar-refractivity contribution in [3.8, 4) is 5.75 Å². The van der Waals surface area contributed by atoms with Gasteiger partial charge in [0.25, 0.3) is 0 Å². The highest BCUT2D eigenvalue weighted by Gasteiger charge is 2.28. The summed E-state index contributed by atoms with van der Waals surface area (Å²) in [5.41, 5.74) is 1.38. The van der Waals surface area contributed by atoms with E-state index in [1.807, 2.05) is 13.0 Å². The number of hydrogen-bond acceptors (Lipinski definition) is 4. The average molecular weight is 384 g/mol. The van der Waals surface area contributed by atoms with Crippen LogP contribution in [-0.4, -0.2) is 40.1 Å². The molecule has 1 aromatic heterocycles. The molecule has 2 rings (SSSR count). The molecule has 2 aromatic rings. The molecule has 1 aromatic carbocycles. The fourth-order valence-electron chi connectivity index (χ4n) is 2.24. The number of aryl methyl sites for hydroxylation is 2. The van der Waals surface area contributed by atoms with E-state index >= 15 is 0 Å². The maximum atomic E-state index is 12.5. The lowest BCUT2D eigenvalue weighted by atomic mass is 10.1. The fourth-order valence-corrected chi connectivity index (χ4v) is 2.24. The number of benzene rings is 1. The lowest BCUT2D eigenvalue weighted by Gasteiger charge is -2.14. The number of aliphatic imine (C=N–C) groups is 1. The van der Waals surface area contributed by atoms with Crippen molar-refractivity contribution < 1.29 is 17.9 Å². The van der Waals surface area contributed by atoms with Crippen LogP contribution in [0.5, 0.6) is 5.75 Å². The van der Waals surface area contributed by atoms with Gasteiger partial charge in [0.2, 0.25) is 0 Å². The topological polar surface area (TPSA) is 76.4 Å². The number of nitrogens with one attached hydrogen (secondary N) is 2. The smallest absolute Gasteiger partial charge is 0.422 e. The van der Waals surface area contributed by atoms with E-state index < -0.39 is 12.8 Å². The lowest BCUT2D eigenvalue weighted by Crippen LogP contribution is -2.37. The second-order valence-electron chi connectivity index (χ2n) is 5.86. The number of rotatable bonds is 7. The molecule has 0 aliphatic rings. The molecule has 0 amide bonds. The number of guanidine groups is 1. The minimum absolute atomic E-state index is 0.168. The normalized spacial score (nSPS) is 12.1. The first-order valence-electron chi connectivity index (χ1n) is 8.42. The second kappa shape index (κ2) is 9.24. The van der Waals surface area contributed by atoms with Gasteiger partial charge in [0.1, 0.15) is 17.9 Å². The van der Waals surface area contributed by atoms with E-state index in [4.69, 9.17) is 4.74 Å². The Bertz CT molecular complexity index is 772. The van der Waals surface area contributed by atoms with E-state index in [0.29, 0.717) is 24.6 Å². The van der Waals surface area contributed by atoms with Crippen LogP contribution in [0, 0.1) is 6.92 Å². The Morgan fingerprint density at radius 3 is 2.70 bits per heavy atom. The summed E-state index contributed by atoms with van der Waals surface area (Å²) in [6.45, 7) is 3.59. The summed E-state index contributed by atoms with van der Waals surface area (Å²) in [5.74, 6) is 1.42. The van der Waals surface area contributed by atoms with Crippen molar-refractivity contribution in [2.24, 2.45) is 12.0 Å². The lowest BCUT2D eigenvalue weighted by molar-refractivity contribution is -0.153. The molecule has 10 heteroatoms. The highest BCUT2D eigenvalue weighted by atomic mass is 19.4. The molecule has 0 atom stereocenters. The summed E-state index contributed by atoms with van der Waals surface area (Å²) < 4.78 is 44.0. The minimum Gasteiger partial charge on any atom is -0.484 e. The maximum Gasteiger partial charge on any atom is 0.422 e. The van der Waals surface area contributed by atoms with Crippen molar-refractivity contribution in [2.75, 3.05) is 13.2 Å². The first-order chi connectivity index (χ1) is 12.8. The Labute approximate surface area is 155 Å². The van der Waals surface area contributed by atoms with Crippen molar-refractivity contribution in [3.63, 3.8) is 0 Å². The Morgan fingerprint density at radius 2 is 2.07 bits per heavy atom. The van der Waals surface area contributed by atoms with Gasteiger partial charge in [-0.3, -0.25) is 4.68 Å². The standard InChI is InChI=1S/C17H23F3N6O/c1-4-21-16(23-9-15-24-11-25-26(15)3)22-8-13-6-5-12(2)7-14(13)27-10-17(18,19)20/h5-7,11H,4,8-10H2,1-3H3,(H2,21,22,23). The van der Waals surface area contributed by atoms with Crippen LogP contribution in [0.3, 0.4) is 0 Å². The molecule has 0 saturated heterocycles. The number of nitrogens with zero attached hydrogens (tertiary/aromatic N) is 4. The van der Waals surface area contributed by atoms with Crippen LogP contribution in [0.2, 0.25) is 0 Å². The van der Waals surface area contributed by atoms with Crippen LogP contribution in [0.15, 0.2) is 29.5 Å². The highest BCUT2D eigenvalue weighted by molar-refractivity contribution is 5.79. The third kappa shape index (κ3) is 6.80. The molecule has 0 unspecified atom stereocenters. The molecule has 148 valence electrons. The minimum atomic E-state index is -4.39. The molecule has 0 fully saturated rings. The molecule has 0 bridgehead atoms. The number of aromatic nitrogens is 3. The van der Waals surface area contributed by atoms with E-state index in [1.165, 1.54) is 6.33 Å². The van der Waals surface area contributed by atoms with Gasteiger partial charge in [-0.05, 0) is 25.5 Å². The molecular weight excluding hydrogens is 361 g/mol. The van der Waals surface area contributed by atoms with Gasteiger partial charge in [0.05, 0.1) is 13.1 Å². The van der Waals surface area contributed by atoms with Crippen LogP contribution < -0.4 is 15.4 Å². The van der Waals surface area contributed by atoms with Crippen LogP contribution in [0.25, 0.3) is 0 Å². The van der Waals surface area contributed by atoms with Crippen LogP contribution in [0.1, 0.15) is 23.9 Å². The predicted molar refractivity (Wildman–Crippen MR) is 95.4 cm³/mol. The van der Waals surface area contributed by atoms with Gasteiger partial charge in [0, 0.05) is 19.2 Å². The summed E-state index contributed by atoms with van der Waals surface area (Å²) >= 11 is 0. The third-order valence-electron chi connectivity index (χ3n) is 3.58. The van der Waals surface area contributed by atoms with Gasteiger partial charge in [-0.2, -0.15) is 18.3 Å². The Hall–Kier alpha value is -2.78. The zero-order chi connectivity index (χ0) is 19.9. The Kier molecular flexibility index (Phi) is 7.03. The fraction of sp³-hybridized carbons (Fsp3) is 0.471. The Balaban J connectivity index is 2.08. The van der Waals surface area contributed by atoms with Crippen LogP contribution in [0.4, 0.5) is 13.2 Å². The van der Waals surface area contributed by atoms with Gasteiger partial charge in [-0.25, -0.2) is 9.98 Å². The van der Waals surface area contributed by atoms with Crippen LogP contribution in [-0.2, 0) is 20.1 Å². The SMILES string of the molecule is CCNC(=NCc1ccc(C)cc1OCC(F)(F)F)NCc1ncnn1C. The molecule has 0 radical (unpaired) electrons. The molecule has 7 nitrogen and oxygen atoms in total. The second-order valence-corrected chi connectivity index (χ2v) is 5.86. The predicted octanol–water partition coefficient (Wildman–Crippen LogP) is 2.32. The maximum absolute atomic E-state index is 12.5. The third-order valence-corrected chi connectivity index (χ3v) is 3.58.